The van der Waals surface area contributed by atoms with Crippen LogP contribution in [-0.2, 0) is 37.5 Å². The molecule has 23 nitrogen and oxygen atoms in total. The zero-order valence-electron chi connectivity index (χ0n) is 38.6. The number of alkyl halides is 2. The monoisotopic (exact) mass is 1010 g/mol. The van der Waals surface area contributed by atoms with E-state index in [1.54, 1.807) is 45.0 Å². The molecule has 0 radical (unpaired) electrons. The summed E-state index contributed by atoms with van der Waals surface area (Å²) in [6.45, 7) is 13.9. The summed E-state index contributed by atoms with van der Waals surface area (Å²) in [5, 5.41) is 34.0. The van der Waals surface area contributed by atoms with Gasteiger partial charge in [0.05, 0.1) is 25.4 Å². The van der Waals surface area contributed by atoms with Crippen LogP contribution in [0.4, 0.5) is 8.78 Å². The van der Waals surface area contributed by atoms with Crippen LogP contribution in [0, 0.1) is 5.92 Å². The molecule has 27 heteroatoms. The molecule has 2 saturated heterocycles. The highest BCUT2D eigenvalue weighted by molar-refractivity contribution is 7.56. The number of esters is 1. The van der Waals surface area contributed by atoms with Gasteiger partial charge in [-0.3, -0.25) is 47.4 Å². The summed E-state index contributed by atoms with van der Waals surface area (Å²) < 4.78 is 82.1. The number of nitrogens with one attached hydrogen (secondary N) is 5. The average Bonchev–Trinajstić information content (AvgIpc) is 3.60. The van der Waals surface area contributed by atoms with Crippen LogP contribution in [0.3, 0.4) is 0 Å². The van der Waals surface area contributed by atoms with Gasteiger partial charge >= 0.3 is 24.9 Å². The molecule has 5 rings (SSSR count). The van der Waals surface area contributed by atoms with Crippen molar-refractivity contribution in [1.82, 2.24) is 34.8 Å². The minimum Gasteiger partial charge on any atom is -0.462 e. The van der Waals surface area contributed by atoms with Crippen LogP contribution in [0.1, 0.15) is 75.3 Å². The lowest BCUT2D eigenvalue weighted by Crippen LogP contribution is -2.44. The minimum absolute atomic E-state index is 0. The van der Waals surface area contributed by atoms with Gasteiger partial charge in [-0.25, -0.2) is 28.9 Å². The fourth-order valence-electron chi connectivity index (χ4n) is 6.42. The number of H-pyrrole nitrogens is 2. The van der Waals surface area contributed by atoms with E-state index in [9.17, 15) is 52.5 Å². The summed E-state index contributed by atoms with van der Waals surface area (Å²) in [6, 6.07) is 9.59. The van der Waals surface area contributed by atoms with Gasteiger partial charge in [-0.1, -0.05) is 39.5 Å². The summed E-state index contributed by atoms with van der Waals surface area (Å²) >= 11 is 0. The van der Waals surface area contributed by atoms with Crippen molar-refractivity contribution >= 4 is 26.8 Å². The first-order chi connectivity index (χ1) is 30.9. The number of aliphatic hydroxyl groups excluding tert-OH is 3. The van der Waals surface area contributed by atoms with Crippen LogP contribution in [0.5, 0.6) is 5.75 Å². The number of ketones is 1. The van der Waals surface area contributed by atoms with Gasteiger partial charge in [0.2, 0.25) is 0 Å². The van der Waals surface area contributed by atoms with E-state index in [1.165, 1.54) is 20.3 Å². The first-order valence-electron chi connectivity index (χ1n) is 20.8. The van der Waals surface area contributed by atoms with Gasteiger partial charge in [-0.05, 0) is 53.7 Å². The van der Waals surface area contributed by atoms with Crippen molar-refractivity contribution in [3.63, 3.8) is 0 Å². The number of ether oxygens (including phenoxy) is 3. The van der Waals surface area contributed by atoms with E-state index in [2.05, 4.69) is 15.7 Å². The molecular formula is C41H65F2N7O16P2. The SMILES string of the molecule is C.CC(C)C(=O)[C@H](C)NN[P@](C)(=O)Oc1ccccc1.CC(C)OC(=O)[C@H](C)N[P@](C)(=O)OC[C@H]1O[C@@H](n2ccc(=O)[nH]c2=O)[C@](C)(F)[C@@H]1O.C[C@@]1(F)[C@H](O)[C@@H](CO)O[C@H]1n1ccc(=O)[nH]c1=O. The Bertz CT molecular complexity index is 2470. The third kappa shape index (κ3) is 16.3. The van der Waals surface area contributed by atoms with Crippen molar-refractivity contribution in [1.29, 1.82) is 0 Å². The molecule has 0 aliphatic carbocycles. The number of carbonyl (C=O) groups is 2. The molecule has 0 bridgehead atoms. The van der Waals surface area contributed by atoms with E-state index < -0.39 is 117 Å². The number of nitrogens with zero attached hydrogens (tertiary/aromatic N) is 2. The highest BCUT2D eigenvalue weighted by Crippen LogP contribution is 2.44. The molecule has 0 amide bonds. The molecule has 8 N–H and O–H groups in total. The van der Waals surface area contributed by atoms with Crippen molar-refractivity contribution in [3.8, 4) is 5.75 Å². The maximum absolute atomic E-state index is 15.1. The van der Waals surface area contributed by atoms with Crippen LogP contribution >= 0.6 is 15.0 Å². The molecule has 2 aliphatic heterocycles. The lowest BCUT2D eigenvalue weighted by atomic mass is 9.98. The number of Topliss-reactive ketones (excluding diaryl/α,β-unsaturated/α-hetero) is 1. The van der Waals surface area contributed by atoms with Gasteiger partial charge in [0.1, 0.15) is 36.2 Å². The quantitative estimate of drug-likeness (QED) is 0.0545. The van der Waals surface area contributed by atoms with Gasteiger partial charge in [-0.2, -0.15) is 5.20 Å². The predicted octanol–water partition coefficient (Wildman–Crippen LogP) is 2.04. The lowest BCUT2D eigenvalue weighted by molar-refractivity contribution is -0.149. The van der Waals surface area contributed by atoms with Crippen LogP contribution < -0.4 is 42.7 Å². The number of benzene rings is 1. The zero-order valence-corrected chi connectivity index (χ0v) is 40.4. The molecular weight excluding hydrogens is 946 g/mol. The largest absolute Gasteiger partial charge is 0.462 e. The second kappa shape index (κ2) is 24.9. The number of para-hydroxylation sites is 1. The maximum atomic E-state index is 15.1. The van der Waals surface area contributed by atoms with Crippen LogP contribution in [0.25, 0.3) is 0 Å². The molecule has 384 valence electrons. The second-order valence-corrected chi connectivity index (χ2v) is 21.0. The maximum Gasteiger partial charge on any atom is 0.330 e. The Balaban J connectivity index is 0.000000364. The number of carbonyl (C=O) groups excluding carboxylic acids is 2. The van der Waals surface area contributed by atoms with E-state index in [1.807, 2.05) is 29.9 Å². The molecule has 4 heterocycles. The van der Waals surface area contributed by atoms with Gasteiger partial charge in [0.25, 0.3) is 18.6 Å². The number of aromatic nitrogens is 4. The number of halogens is 2. The Morgan fingerprint density at radius 3 is 1.69 bits per heavy atom. The highest BCUT2D eigenvalue weighted by atomic mass is 31.2. The van der Waals surface area contributed by atoms with Crippen LogP contribution in [-0.4, -0.2) is 127 Å². The molecule has 0 spiro atoms. The summed E-state index contributed by atoms with van der Waals surface area (Å²) in [6.07, 6.45) is -6.85. The molecule has 2 aliphatic rings. The average molecular weight is 1010 g/mol. The van der Waals surface area contributed by atoms with E-state index in [0.717, 1.165) is 47.5 Å². The van der Waals surface area contributed by atoms with Gasteiger partial charge < -0.3 is 38.6 Å². The number of aromatic amines is 2. The normalized spacial score (nSPS) is 27.0. The number of aliphatic hydroxyl groups is 3. The van der Waals surface area contributed by atoms with E-state index in [0.29, 0.717) is 5.75 Å². The fraction of sp³-hybridized carbons (Fsp3) is 0.610. The molecule has 2 fully saturated rings. The predicted molar refractivity (Wildman–Crippen MR) is 245 cm³/mol. The molecule has 0 unspecified atom stereocenters. The summed E-state index contributed by atoms with van der Waals surface area (Å²) in [5.41, 5.74) is -4.97. The zero-order chi connectivity index (χ0) is 50.8. The topological polar surface area (TPSA) is 321 Å². The summed E-state index contributed by atoms with van der Waals surface area (Å²) in [7, 11) is -6.61. The Hall–Kier alpha value is -4.52. The number of hydrogen-bond donors (Lipinski definition) is 8. The molecule has 2 aromatic heterocycles. The fourth-order valence-corrected chi connectivity index (χ4v) is 8.73. The number of rotatable bonds is 17. The Morgan fingerprint density at radius 2 is 1.26 bits per heavy atom. The number of hydrogen-bond acceptors (Lipinski definition) is 17. The number of hydrazine groups is 1. The smallest absolute Gasteiger partial charge is 0.330 e. The molecule has 0 saturated carbocycles. The van der Waals surface area contributed by atoms with Gasteiger partial charge in [-0.15, -0.1) is 0 Å². The molecule has 3 aromatic rings. The Kier molecular flexibility index (Phi) is 21.8. The highest BCUT2D eigenvalue weighted by Gasteiger charge is 2.56. The standard InChI is InChI=1S/C17H27FN3O8P.C13H21N2O3P.C10H13FN2O5.CH4/c1-9(2)28-14(24)10(3)20-30(5,26)27-8-11-13(23)17(4,18)15(29-11)21-7-6-12(22)19-16(21)25;1-10(2)13(16)11(3)14-15-19(4,17)18-12-8-6-5-7-9-12;1-10(11)7(16)5(4-14)18-8(10)13-3-2-6(15)12-9(13)17;/h6-7,9-11,13,15,23H,8H2,1-5H3,(H,20,26)(H,19,22,25);5-11,14H,1-4H3,(H,15,17);2-3,5,7-8,14,16H,4H2,1H3,(H,12,15,17);1H4/t10-,11+,13+,15+,17+,30+;11-,19+;5-,7-,8-,10-;/m001./s1. The first-order valence-corrected chi connectivity index (χ1v) is 25.0. The van der Waals surface area contributed by atoms with Crippen molar-refractivity contribution in [2.75, 3.05) is 26.5 Å². The minimum atomic E-state index is -3.55. The van der Waals surface area contributed by atoms with Crippen molar-refractivity contribution in [2.24, 2.45) is 5.92 Å². The van der Waals surface area contributed by atoms with Crippen molar-refractivity contribution < 1.29 is 66.1 Å². The third-order valence-corrected chi connectivity index (χ3v) is 12.5. The Labute approximate surface area is 390 Å². The van der Waals surface area contributed by atoms with Crippen molar-refractivity contribution in [2.45, 2.75) is 129 Å². The van der Waals surface area contributed by atoms with Crippen molar-refractivity contribution in [3.05, 3.63) is 96.5 Å². The molecule has 12 atom stereocenters. The summed E-state index contributed by atoms with van der Waals surface area (Å²) in [4.78, 5) is 73.1. The molecule has 68 heavy (non-hydrogen) atoms. The van der Waals surface area contributed by atoms with E-state index in [4.69, 9.17) is 28.4 Å². The van der Waals surface area contributed by atoms with Gasteiger partial charge in [0.15, 0.2) is 29.6 Å². The third-order valence-electron chi connectivity index (χ3n) is 9.94. The van der Waals surface area contributed by atoms with Crippen LogP contribution in [0.15, 0.2) is 74.0 Å². The van der Waals surface area contributed by atoms with Gasteiger partial charge in [0, 0.05) is 43.8 Å². The molecule has 1 aromatic carbocycles. The first kappa shape index (κ1) is 59.6. The lowest BCUT2D eigenvalue weighted by Gasteiger charge is -2.24. The van der Waals surface area contributed by atoms with E-state index in [-0.39, 0.29) is 25.2 Å². The second-order valence-electron chi connectivity index (χ2n) is 16.7. The van der Waals surface area contributed by atoms with Crippen LogP contribution in [0.2, 0.25) is 0 Å². The Morgan fingerprint density at radius 1 is 0.794 bits per heavy atom. The van der Waals surface area contributed by atoms with E-state index >= 15 is 4.39 Å². The summed E-state index contributed by atoms with van der Waals surface area (Å²) in [5.74, 6) is -0.130.